The van der Waals surface area contributed by atoms with E-state index in [9.17, 15) is 13.2 Å². The van der Waals surface area contributed by atoms with Crippen molar-refractivity contribution in [3.8, 4) is 11.3 Å². The molecule has 5 nitrogen and oxygen atoms in total. The third kappa shape index (κ3) is 4.68. The lowest BCUT2D eigenvalue weighted by Crippen LogP contribution is -2.42. The highest BCUT2D eigenvalue weighted by atomic mass is 35.5. The molecule has 1 saturated heterocycles. The molecular weight excluding hydrogens is 409 g/mol. The topological polar surface area (TPSA) is 67.6 Å². The van der Waals surface area contributed by atoms with Gasteiger partial charge in [0.25, 0.3) is 0 Å². The molecule has 2 heterocycles. The van der Waals surface area contributed by atoms with Crippen LogP contribution in [0.15, 0.2) is 34.7 Å². The third-order valence-electron chi connectivity index (χ3n) is 4.62. The second-order valence-electron chi connectivity index (χ2n) is 7.07. The zero-order valence-corrected chi connectivity index (χ0v) is 17.4. The van der Waals surface area contributed by atoms with Gasteiger partial charge < -0.3 is 9.32 Å². The normalized spacial score (nSPS) is 18.8. The molecule has 0 aliphatic carbocycles. The molecule has 1 aromatic carbocycles. The Bertz CT molecular complexity index is 952. The first-order chi connectivity index (χ1) is 12.7. The van der Waals surface area contributed by atoms with Crippen molar-refractivity contribution in [2.24, 2.45) is 5.92 Å². The van der Waals surface area contributed by atoms with Crippen LogP contribution in [0.25, 0.3) is 11.3 Å². The molecule has 1 aliphatic heterocycles. The van der Waals surface area contributed by atoms with E-state index in [1.54, 1.807) is 35.2 Å². The predicted octanol–water partition coefficient (Wildman–Crippen LogP) is 4.43. The van der Waals surface area contributed by atoms with Crippen LogP contribution >= 0.6 is 23.2 Å². The van der Waals surface area contributed by atoms with Gasteiger partial charge >= 0.3 is 0 Å². The lowest BCUT2D eigenvalue weighted by atomic mass is 10.1. The highest BCUT2D eigenvalue weighted by molar-refractivity contribution is 7.91. The van der Waals surface area contributed by atoms with Gasteiger partial charge in [0.05, 0.1) is 28.1 Å². The van der Waals surface area contributed by atoms with Crippen molar-refractivity contribution in [3.63, 3.8) is 0 Å². The second kappa shape index (κ2) is 7.86. The van der Waals surface area contributed by atoms with E-state index in [1.807, 2.05) is 13.8 Å². The van der Waals surface area contributed by atoms with E-state index in [1.165, 1.54) is 0 Å². The molecule has 3 rings (SSSR count). The summed E-state index contributed by atoms with van der Waals surface area (Å²) in [5.41, 5.74) is 0.779. The Hall–Kier alpha value is -1.50. The van der Waals surface area contributed by atoms with Crippen molar-refractivity contribution in [2.45, 2.75) is 32.9 Å². The molecule has 2 aromatic rings. The summed E-state index contributed by atoms with van der Waals surface area (Å²) in [6.07, 6.45) is 0.459. The maximum atomic E-state index is 12.7. The minimum atomic E-state index is -3.09. The van der Waals surface area contributed by atoms with Crippen LogP contribution in [-0.4, -0.2) is 36.8 Å². The fraction of sp³-hybridized carbons (Fsp3) is 0.421. The molecule has 1 fully saturated rings. The zero-order chi connectivity index (χ0) is 19.8. The second-order valence-corrected chi connectivity index (χ2v) is 10.1. The molecule has 0 radical (unpaired) electrons. The van der Waals surface area contributed by atoms with Crippen LogP contribution in [0, 0.1) is 5.92 Å². The number of rotatable bonds is 5. The monoisotopic (exact) mass is 429 g/mol. The van der Waals surface area contributed by atoms with Gasteiger partial charge in [-0.2, -0.15) is 0 Å². The SMILES string of the molecule is CC(C)C(=O)N(Cc1ccc(-c2ccc(Cl)c(Cl)c2)o1)[C@@H]1CCS(=O)(=O)C1. The molecule has 27 heavy (non-hydrogen) atoms. The number of halogens is 2. The first-order valence-electron chi connectivity index (χ1n) is 8.71. The Balaban J connectivity index is 1.83. The quantitative estimate of drug-likeness (QED) is 0.704. The highest BCUT2D eigenvalue weighted by Gasteiger charge is 2.35. The summed E-state index contributed by atoms with van der Waals surface area (Å²) >= 11 is 12.0. The van der Waals surface area contributed by atoms with Crippen molar-refractivity contribution < 1.29 is 17.6 Å². The number of furan rings is 1. The summed E-state index contributed by atoms with van der Waals surface area (Å²) in [6, 6.07) is 8.49. The summed E-state index contributed by atoms with van der Waals surface area (Å²) in [4.78, 5) is 14.3. The van der Waals surface area contributed by atoms with E-state index < -0.39 is 9.84 Å². The van der Waals surface area contributed by atoms with Crippen LogP contribution < -0.4 is 0 Å². The first kappa shape index (κ1) is 20.2. The number of amides is 1. The van der Waals surface area contributed by atoms with Crippen LogP contribution in [0.5, 0.6) is 0 Å². The van der Waals surface area contributed by atoms with Crippen LogP contribution in [-0.2, 0) is 21.2 Å². The Morgan fingerprint density at radius 2 is 1.96 bits per heavy atom. The van der Waals surface area contributed by atoms with Gasteiger partial charge in [-0.3, -0.25) is 4.79 Å². The summed E-state index contributed by atoms with van der Waals surface area (Å²) in [6.45, 7) is 3.85. The van der Waals surface area contributed by atoms with E-state index in [0.29, 0.717) is 28.0 Å². The minimum Gasteiger partial charge on any atom is -0.459 e. The van der Waals surface area contributed by atoms with Gasteiger partial charge in [-0.05, 0) is 36.8 Å². The van der Waals surface area contributed by atoms with Gasteiger partial charge in [0, 0.05) is 17.5 Å². The molecule has 8 heteroatoms. The summed E-state index contributed by atoms with van der Waals surface area (Å²) in [7, 11) is -3.09. The fourth-order valence-electron chi connectivity index (χ4n) is 3.18. The Kier molecular flexibility index (Phi) is 5.89. The Morgan fingerprint density at radius 3 is 2.56 bits per heavy atom. The van der Waals surface area contributed by atoms with Crippen molar-refractivity contribution >= 4 is 38.9 Å². The molecule has 0 saturated carbocycles. The van der Waals surface area contributed by atoms with Crippen LogP contribution in [0.1, 0.15) is 26.0 Å². The molecule has 0 spiro atoms. The number of sulfone groups is 1. The molecule has 0 bridgehead atoms. The summed E-state index contributed by atoms with van der Waals surface area (Å²) in [5.74, 6) is 1.02. The zero-order valence-electron chi connectivity index (χ0n) is 15.1. The van der Waals surface area contributed by atoms with Gasteiger partial charge in [0.15, 0.2) is 9.84 Å². The molecular formula is C19H21Cl2NO4S. The smallest absolute Gasteiger partial charge is 0.225 e. The average molecular weight is 430 g/mol. The van der Waals surface area contributed by atoms with Gasteiger partial charge in [-0.15, -0.1) is 0 Å². The van der Waals surface area contributed by atoms with Gasteiger partial charge in [0.1, 0.15) is 11.5 Å². The average Bonchev–Trinajstić information content (AvgIpc) is 3.20. The lowest BCUT2D eigenvalue weighted by molar-refractivity contribution is -0.137. The molecule has 1 aliphatic rings. The fourth-order valence-corrected chi connectivity index (χ4v) is 5.20. The van der Waals surface area contributed by atoms with Crippen molar-refractivity contribution in [2.75, 3.05) is 11.5 Å². The Labute approximate surface area is 169 Å². The van der Waals surface area contributed by atoms with Crippen LogP contribution in [0.2, 0.25) is 10.0 Å². The summed E-state index contributed by atoms with van der Waals surface area (Å²) in [5, 5.41) is 0.892. The predicted molar refractivity (Wildman–Crippen MR) is 107 cm³/mol. The summed E-state index contributed by atoms with van der Waals surface area (Å²) < 4.78 is 29.6. The standard InChI is InChI=1S/C19H21Cl2NO4S/c1-12(2)19(23)22(14-7-8-27(24,25)11-14)10-15-4-6-18(26-15)13-3-5-16(20)17(21)9-13/h3-6,9,12,14H,7-8,10-11H2,1-2H3/t14-/m1/s1. The maximum absolute atomic E-state index is 12.7. The maximum Gasteiger partial charge on any atom is 0.225 e. The number of carbonyl (C=O) groups excluding carboxylic acids is 1. The van der Waals surface area contributed by atoms with Crippen LogP contribution in [0.4, 0.5) is 0 Å². The van der Waals surface area contributed by atoms with E-state index in [0.717, 1.165) is 5.56 Å². The van der Waals surface area contributed by atoms with Crippen molar-refractivity contribution in [3.05, 3.63) is 46.1 Å². The molecule has 1 amide bonds. The molecule has 0 unspecified atom stereocenters. The first-order valence-corrected chi connectivity index (χ1v) is 11.3. The van der Waals surface area contributed by atoms with Gasteiger partial charge in [-0.1, -0.05) is 37.0 Å². The largest absolute Gasteiger partial charge is 0.459 e. The lowest BCUT2D eigenvalue weighted by Gasteiger charge is -2.29. The molecule has 1 aromatic heterocycles. The van der Waals surface area contributed by atoms with Crippen molar-refractivity contribution in [1.29, 1.82) is 0 Å². The molecule has 1 atom stereocenters. The van der Waals surface area contributed by atoms with Gasteiger partial charge in [-0.25, -0.2) is 8.42 Å². The Morgan fingerprint density at radius 1 is 1.22 bits per heavy atom. The highest BCUT2D eigenvalue weighted by Crippen LogP contribution is 2.30. The van der Waals surface area contributed by atoms with E-state index in [4.69, 9.17) is 27.6 Å². The van der Waals surface area contributed by atoms with Crippen LogP contribution in [0.3, 0.4) is 0 Å². The number of nitrogens with zero attached hydrogens (tertiary/aromatic N) is 1. The third-order valence-corrected chi connectivity index (χ3v) is 7.11. The van der Waals surface area contributed by atoms with E-state index >= 15 is 0 Å². The number of hydrogen-bond donors (Lipinski definition) is 0. The number of carbonyl (C=O) groups is 1. The van der Waals surface area contributed by atoms with Gasteiger partial charge in [0.2, 0.25) is 5.91 Å². The molecule has 0 N–H and O–H groups in total. The number of hydrogen-bond acceptors (Lipinski definition) is 4. The van der Waals surface area contributed by atoms with Crippen molar-refractivity contribution in [1.82, 2.24) is 4.90 Å². The van der Waals surface area contributed by atoms with E-state index in [2.05, 4.69) is 0 Å². The minimum absolute atomic E-state index is 0.00577. The molecule has 146 valence electrons. The van der Waals surface area contributed by atoms with E-state index in [-0.39, 0.29) is 35.9 Å². The number of benzene rings is 1.